The maximum absolute atomic E-state index is 9.12. The van der Waals surface area contributed by atoms with E-state index < -0.39 is 0 Å². The molecule has 0 aliphatic carbocycles. The lowest BCUT2D eigenvalue weighted by molar-refractivity contribution is 0.579. The van der Waals surface area contributed by atoms with Crippen LogP contribution >= 0.6 is 0 Å². The molecule has 3 rings (SSSR count). The molecule has 2 heterocycles. The van der Waals surface area contributed by atoms with Crippen molar-refractivity contribution in [3.8, 4) is 12.1 Å². The summed E-state index contributed by atoms with van der Waals surface area (Å²) >= 11 is 0. The van der Waals surface area contributed by atoms with Gasteiger partial charge in [0.25, 0.3) is 0 Å². The zero-order valence-electron chi connectivity index (χ0n) is 12.3. The normalized spacial score (nSPS) is 13.9. The highest BCUT2D eigenvalue weighted by molar-refractivity contribution is 5.56. The fraction of sp³-hybridized carbons (Fsp3) is 0.267. The first-order chi connectivity index (χ1) is 11.3. The fourth-order valence-corrected chi connectivity index (χ4v) is 2.23. The molecule has 0 radical (unpaired) electrons. The predicted molar refractivity (Wildman–Crippen MR) is 84.1 cm³/mol. The lowest BCUT2D eigenvalue weighted by Gasteiger charge is -2.27. The molecule has 1 saturated heterocycles. The Bertz CT molecular complexity index is 766. The standard InChI is InChI=1S/C15H14N8/c16-9-11-1-3-12(4-2-11)19-14-20-13(10-17)21-15(22-14)23-7-5-18-6-8-23/h1-4,18H,5-8H2,(H,19,20,21,22). The Morgan fingerprint density at radius 2 is 1.74 bits per heavy atom. The van der Waals surface area contributed by atoms with E-state index >= 15 is 0 Å². The largest absolute Gasteiger partial charge is 0.338 e. The topological polar surface area (TPSA) is 114 Å². The number of rotatable bonds is 3. The van der Waals surface area contributed by atoms with E-state index in [1.807, 2.05) is 11.0 Å². The molecule has 0 saturated carbocycles. The van der Waals surface area contributed by atoms with Crippen LogP contribution in [0.4, 0.5) is 17.6 Å². The molecule has 23 heavy (non-hydrogen) atoms. The van der Waals surface area contributed by atoms with Gasteiger partial charge in [0.05, 0.1) is 11.6 Å². The summed E-state index contributed by atoms with van der Waals surface area (Å²) in [5, 5.41) is 24.2. The van der Waals surface area contributed by atoms with Crippen molar-refractivity contribution < 1.29 is 0 Å². The van der Waals surface area contributed by atoms with Gasteiger partial charge in [-0.05, 0) is 24.3 Å². The van der Waals surface area contributed by atoms with Gasteiger partial charge in [0, 0.05) is 31.9 Å². The molecule has 0 spiro atoms. The van der Waals surface area contributed by atoms with Crippen LogP contribution in [-0.4, -0.2) is 41.1 Å². The van der Waals surface area contributed by atoms with Crippen molar-refractivity contribution >= 4 is 17.6 Å². The number of nitriles is 2. The molecule has 0 amide bonds. The maximum Gasteiger partial charge on any atom is 0.238 e. The first kappa shape index (κ1) is 14.7. The van der Waals surface area contributed by atoms with Gasteiger partial charge in [-0.2, -0.15) is 25.5 Å². The van der Waals surface area contributed by atoms with E-state index in [2.05, 4.69) is 31.7 Å². The maximum atomic E-state index is 9.12. The van der Waals surface area contributed by atoms with Crippen LogP contribution < -0.4 is 15.5 Å². The number of hydrogen-bond donors (Lipinski definition) is 2. The lowest BCUT2D eigenvalue weighted by Crippen LogP contribution is -2.44. The van der Waals surface area contributed by atoms with Crippen LogP contribution in [0.1, 0.15) is 11.4 Å². The van der Waals surface area contributed by atoms with Crippen LogP contribution in [-0.2, 0) is 0 Å². The first-order valence-corrected chi connectivity index (χ1v) is 7.17. The minimum atomic E-state index is 0.0738. The second-order valence-electron chi connectivity index (χ2n) is 4.95. The average molecular weight is 306 g/mol. The van der Waals surface area contributed by atoms with Gasteiger partial charge in [0.2, 0.25) is 17.7 Å². The second kappa shape index (κ2) is 6.69. The van der Waals surface area contributed by atoms with Crippen molar-refractivity contribution in [3.63, 3.8) is 0 Å². The third-order valence-electron chi connectivity index (χ3n) is 3.39. The highest BCUT2D eigenvalue weighted by atomic mass is 15.3. The Morgan fingerprint density at radius 1 is 1.00 bits per heavy atom. The molecular formula is C15H14N8. The summed E-state index contributed by atoms with van der Waals surface area (Å²) in [5.74, 6) is 0.883. The summed E-state index contributed by atoms with van der Waals surface area (Å²) in [6.45, 7) is 3.27. The minimum Gasteiger partial charge on any atom is -0.338 e. The van der Waals surface area contributed by atoms with Crippen LogP contribution in [0.15, 0.2) is 24.3 Å². The summed E-state index contributed by atoms with van der Waals surface area (Å²) in [5.41, 5.74) is 1.32. The molecule has 1 aromatic carbocycles. The number of aromatic nitrogens is 3. The van der Waals surface area contributed by atoms with Gasteiger partial charge in [-0.3, -0.25) is 0 Å². The molecule has 1 fully saturated rings. The summed E-state index contributed by atoms with van der Waals surface area (Å²) in [7, 11) is 0. The van der Waals surface area contributed by atoms with Gasteiger partial charge in [-0.25, -0.2) is 0 Å². The van der Waals surface area contributed by atoms with Crippen LogP contribution in [0.25, 0.3) is 0 Å². The highest BCUT2D eigenvalue weighted by Gasteiger charge is 2.16. The Hall–Kier alpha value is -3.23. The van der Waals surface area contributed by atoms with E-state index in [4.69, 9.17) is 10.5 Å². The summed E-state index contributed by atoms with van der Waals surface area (Å²) in [6, 6.07) is 11.0. The van der Waals surface area contributed by atoms with Gasteiger partial charge < -0.3 is 15.5 Å². The number of nitrogens with zero attached hydrogens (tertiary/aromatic N) is 6. The van der Waals surface area contributed by atoms with Gasteiger partial charge in [-0.1, -0.05) is 0 Å². The molecule has 2 aromatic rings. The lowest BCUT2D eigenvalue weighted by atomic mass is 10.2. The number of hydrogen-bond acceptors (Lipinski definition) is 8. The molecule has 2 N–H and O–H groups in total. The third-order valence-corrected chi connectivity index (χ3v) is 3.39. The summed E-state index contributed by atoms with van der Waals surface area (Å²) < 4.78 is 0. The quantitative estimate of drug-likeness (QED) is 0.854. The van der Waals surface area contributed by atoms with Crippen molar-refractivity contribution in [3.05, 3.63) is 35.7 Å². The molecule has 1 aliphatic rings. The SMILES string of the molecule is N#Cc1ccc(Nc2nc(C#N)nc(N3CCNCC3)n2)cc1. The van der Waals surface area contributed by atoms with Gasteiger partial charge >= 0.3 is 0 Å². The van der Waals surface area contributed by atoms with E-state index in [1.54, 1.807) is 24.3 Å². The Labute approximate surface area is 133 Å². The predicted octanol–water partition coefficient (Wildman–Crippen LogP) is 0.768. The van der Waals surface area contributed by atoms with Crippen LogP contribution in [0, 0.1) is 22.7 Å². The minimum absolute atomic E-state index is 0.0738. The van der Waals surface area contributed by atoms with E-state index in [0.717, 1.165) is 31.9 Å². The molecule has 114 valence electrons. The van der Waals surface area contributed by atoms with E-state index in [-0.39, 0.29) is 5.82 Å². The number of benzene rings is 1. The Kier molecular flexibility index (Phi) is 4.27. The highest BCUT2D eigenvalue weighted by Crippen LogP contribution is 2.16. The van der Waals surface area contributed by atoms with E-state index in [0.29, 0.717) is 17.5 Å². The molecule has 0 atom stereocenters. The van der Waals surface area contributed by atoms with Crippen molar-refractivity contribution in [1.29, 1.82) is 10.5 Å². The van der Waals surface area contributed by atoms with Gasteiger partial charge in [0.1, 0.15) is 6.07 Å². The van der Waals surface area contributed by atoms with Gasteiger partial charge in [-0.15, -0.1) is 0 Å². The first-order valence-electron chi connectivity index (χ1n) is 7.17. The van der Waals surface area contributed by atoms with Gasteiger partial charge in [0.15, 0.2) is 0 Å². The monoisotopic (exact) mass is 306 g/mol. The molecule has 8 nitrogen and oxygen atoms in total. The number of piperazine rings is 1. The van der Waals surface area contributed by atoms with Crippen LogP contribution in [0.2, 0.25) is 0 Å². The second-order valence-corrected chi connectivity index (χ2v) is 4.95. The smallest absolute Gasteiger partial charge is 0.238 e. The molecule has 8 heteroatoms. The van der Waals surface area contributed by atoms with Crippen molar-refractivity contribution in [2.45, 2.75) is 0 Å². The van der Waals surface area contributed by atoms with Crippen molar-refractivity contribution in [1.82, 2.24) is 20.3 Å². The Morgan fingerprint density at radius 3 is 2.39 bits per heavy atom. The zero-order valence-corrected chi connectivity index (χ0v) is 12.3. The van der Waals surface area contributed by atoms with Crippen molar-refractivity contribution in [2.75, 3.05) is 36.4 Å². The van der Waals surface area contributed by atoms with E-state index in [9.17, 15) is 0 Å². The van der Waals surface area contributed by atoms with Crippen LogP contribution in [0.5, 0.6) is 0 Å². The van der Waals surface area contributed by atoms with E-state index in [1.165, 1.54) is 0 Å². The Balaban J connectivity index is 1.85. The number of nitrogens with one attached hydrogen (secondary N) is 2. The molecule has 1 aliphatic heterocycles. The fourth-order valence-electron chi connectivity index (χ4n) is 2.23. The molecule has 0 unspecified atom stereocenters. The average Bonchev–Trinajstić information content (AvgIpc) is 2.63. The van der Waals surface area contributed by atoms with Crippen LogP contribution in [0.3, 0.4) is 0 Å². The van der Waals surface area contributed by atoms with Crippen molar-refractivity contribution in [2.24, 2.45) is 0 Å². The third kappa shape index (κ3) is 3.51. The molecule has 0 bridgehead atoms. The summed E-state index contributed by atoms with van der Waals surface area (Å²) in [6.07, 6.45) is 0. The molecular weight excluding hydrogens is 292 g/mol. The number of anilines is 3. The summed E-state index contributed by atoms with van der Waals surface area (Å²) in [4.78, 5) is 14.7. The molecule has 1 aromatic heterocycles. The zero-order chi connectivity index (χ0) is 16.1.